The van der Waals surface area contributed by atoms with Crippen LogP contribution in [0.5, 0.6) is 0 Å². The molecule has 0 saturated heterocycles. The maximum Gasteiger partial charge on any atom is 0.221 e. The lowest BCUT2D eigenvalue weighted by atomic mass is 10.1. The van der Waals surface area contributed by atoms with Crippen LogP contribution in [-0.4, -0.2) is 25.5 Å². The van der Waals surface area contributed by atoms with E-state index in [1.165, 1.54) is 0 Å². The van der Waals surface area contributed by atoms with Gasteiger partial charge in [-0.3, -0.25) is 4.79 Å². The first-order valence-corrected chi connectivity index (χ1v) is 5.00. The Morgan fingerprint density at radius 1 is 1.31 bits per heavy atom. The van der Waals surface area contributed by atoms with Crippen LogP contribution in [0.15, 0.2) is 0 Å². The Labute approximate surface area is 81.3 Å². The van der Waals surface area contributed by atoms with Gasteiger partial charge in [-0.15, -0.1) is 0 Å². The molecule has 0 aliphatic heterocycles. The summed E-state index contributed by atoms with van der Waals surface area (Å²) in [6, 6.07) is 0.263. The predicted molar refractivity (Wildman–Crippen MR) is 55.6 cm³/mol. The van der Waals surface area contributed by atoms with Crippen molar-refractivity contribution in [3.05, 3.63) is 0 Å². The number of hydrogen-bond acceptors (Lipinski definition) is 2. The third-order valence-electron chi connectivity index (χ3n) is 2.03. The van der Waals surface area contributed by atoms with Crippen LogP contribution >= 0.6 is 0 Å². The van der Waals surface area contributed by atoms with Gasteiger partial charge in [-0.05, 0) is 26.3 Å². The fourth-order valence-corrected chi connectivity index (χ4v) is 0.953. The van der Waals surface area contributed by atoms with Crippen LogP contribution in [-0.2, 0) is 4.79 Å². The Balaban J connectivity index is 3.41. The predicted octanol–water partition coefficient (Wildman–Crippen LogP) is 1.15. The van der Waals surface area contributed by atoms with E-state index in [0.717, 1.165) is 13.0 Å². The number of carbonyl (C=O) groups excluding carboxylic acids is 1. The van der Waals surface area contributed by atoms with E-state index in [1.807, 2.05) is 14.0 Å². The van der Waals surface area contributed by atoms with Gasteiger partial charge in [0.05, 0.1) is 0 Å². The normalized spacial score (nSPS) is 13.0. The maximum absolute atomic E-state index is 11.2. The van der Waals surface area contributed by atoms with Gasteiger partial charge in [-0.1, -0.05) is 13.8 Å². The molecule has 1 amide bonds. The molecule has 0 aromatic rings. The van der Waals surface area contributed by atoms with Crippen LogP contribution < -0.4 is 10.6 Å². The second kappa shape index (κ2) is 6.89. The van der Waals surface area contributed by atoms with Crippen molar-refractivity contribution in [2.24, 2.45) is 5.92 Å². The molecule has 0 spiro atoms. The lowest BCUT2D eigenvalue weighted by Gasteiger charge is -2.10. The molecule has 1 unspecified atom stereocenters. The molecule has 2 N–H and O–H groups in total. The van der Waals surface area contributed by atoms with E-state index >= 15 is 0 Å². The third-order valence-corrected chi connectivity index (χ3v) is 2.03. The summed E-state index contributed by atoms with van der Waals surface area (Å²) in [6.07, 6.45) is 1.62. The van der Waals surface area contributed by atoms with E-state index in [0.29, 0.717) is 12.3 Å². The molecule has 0 bridgehead atoms. The highest BCUT2D eigenvalue weighted by molar-refractivity contribution is 5.76. The van der Waals surface area contributed by atoms with Crippen LogP contribution in [0.25, 0.3) is 0 Å². The molecule has 0 radical (unpaired) electrons. The van der Waals surface area contributed by atoms with E-state index in [-0.39, 0.29) is 11.9 Å². The summed E-state index contributed by atoms with van der Waals surface area (Å²) in [7, 11) is 1.87. The molecule has 0 aromatic carbocycles. The lowest BCUT2D eigenvalue weighted by Crippen LogP contribution is -2.32. The zero-order valence-electron chi connectivity index (χ0n) is 9.18. The van der Waals surface area contributed by atoms with Crippen molar-refractivity contribution in [1.82, 2.24) is 10.6 Å². The van der Waals surface area contributed by atoms with Crippen LogP contribution in [0.2, 0.25) is 0 Å². The van der Waals surface area contributed by atoms with E-state index in [9.17, 15) is 4.79 Å². The Morgan fingerprint density at radius 3 is 2.38 bits per heavy atom. The molecule has 0 fully saturated rings. The van der Waals surface area contributed by atoms with E-state index in [2.05, 4.69) is 24.5 Å². The number of carbonyl (C=O) groups is 1. The van der Waals surface area contributed by atoms with Gasteiger partial charge in [0, 0.05) is 19.0 Å². The van der Waals surface area contributed by atoms with Crippen LogP contribution in [0.4, 0.5) is 0 Å². The first kappa shape index (κ1) is 12.4. The zero-order chi connectivity index (χ0) is 10.3. The monoisotopic (exact) mass is 186 g/mol. The molecule has 0 rings (SSSR count). The van der Waals surface area contributed by atoms with Gasteiger partial charge in [0.25, 0.3) is 0 Å². The summed E-state index contributed by atoms with van der Waals surface area (Å²) < 4.78 is 0. The molecule has 3 nitrogen and oxygen atoms in total. The van der Waals surface area contributed by atoms with Crippen molar-refractivity contribution in [2.45, 2.75) is 39.7 Å². The molecule has 0 aliphatic rings. The zero-order valence-corrected chi connectivity index (χ0v) is 9.18. The molecule has 1 atom stereocenters. The first-order chi connectivity index (χ1) is 6.06. The van der Waals surface area contributed by atoms with Gasteiger partial charge >= 0.3 is 0 Å². The molecule has 78 valence electrons. The van der Waals surface area contributed by atoms with Crippen molar-refractivity contribution >= 4 is 5.91 Å². The third kappa shape index (κ3) is 7.78. The Morgan fingerprint density at radius 2 is 1.92 bits per heavy atom. The second-order valence-electron chi connectivity index (χ2n) is 3.93. The summed E-state index contributed by atoms with van der Waals surface area (Å²) in [6.45, 7) is 7.11. The highest BCUT2D eigenvalue weighted by Gasteiger charge is 2.05. The molecular formula is C10H22N2O. The number of nitrogens with one attached hydrogen (secondary N) is 2. The number of hydrogen-bond donors (Lipinski definition) is 2. The van der Waals surface area contributed by atoms with Gasteiger partial charge in [0.2, 0.25) is 5.91 Å². The van der Waals surface area contributed by atoms with Crippen molar-refractivity contribution in [3.63, 3.8) is 0 Å². The van der Waals surface area contributed by atoms with E-state index in [4.69, 9.17) is 0 Å². The van der Waals surface area contributed by atoms with Gasteiger partial charge in [0.1, 0.15) is 0 Å². The maximum atomic E-state index is 11.2. The summed E-state index contributed by atoms with van der Waals surface area (Å²) >= 11 is 0. The molecule has 0 aliphatic carbocycles. The molecule has 3 heteroatoms. The van der Waals surface area contributed by atoms with Crippen molar-refractivity contribution < 1.29 is 4.79 Å². The molecule has 0 saturated carbocycles. The SMILES string of the molecule is CNC(C)CC(=O)NCCC(C)C. The largest absolute Gasteiger partial charge is 0.356 e. The van der Waals surface area contributed by atoms with Gasteiger partial charge in [-0.2, -0.15) is 0 Å². The fourth-order valence-electron chi connectivity index (χ4n) is 0.953. The summed E-state index contributed by atoms with van der Waals surface area (Å²) in [4.78, 5) is 11.2. The lowest BCUT2D eigenvalue weighted by molar-refractivity contribution is -0.121. The Bertz CT molecular complexity index is 146. The fraction of sp³-hybridized carbons (Fsp3) is 0.900. The average molecular weight is 186 g/mol. The summed E-state index contributed by atoms with van der Waals surface area (Å²) in [5.74, 6) is 0.796. The Hall–Kier alpha value is -0.570. The van der Waals surface area contributed by atoms with Gasteiger partial charge in [0.15, 0.2) is 0 Å². The van der Waals surface area contributed by atoms with Crippen molar-refractivity contribution in [2.75, 3.05) is 13.6 Å². The highest BCUT2D eigenvalue weighted by Crippen LogP contribution is 1.97. The van der Waals surface area contributed by atoms with E-state index < -0.39 is 0 Å². The van der Waals surface area contributed by atoms with Crippen LogP contribution in [0, 0.1) is 5.92 Å². The van der Waals surface area contributed by atoms with E-state index in [1.54, 1.807) is 0 Å². The molecule has 13 heavy (non-hydrogen) atoms. The summed E-state index contributed by atoms with van der Waals surface area (Å²) in [5, 5.41) is 5.93. The van der Waals surface area contributed by atoms with Crippen LogP contribution in [0.3, 0.4) is 0 Å². The molecule has 0 aromatic heterocycles. The minimum atomic E-state index is 0.141. The average Bonchev–Trinajstić information content (AvgIpc) is 2.03. The second-order valence-corrected chi connectivity index (χ2v) is 3.93. The smallest absolute Gasteiger partial charge is 0.221 e. The number of amides is 1. The van der Waals surface area contributed by atoms with Crippen molar-refractivity contribution in [1.29, 1.82) is 0 Å². The summed E-state index contributed by atoms with van der Waals surface area (Å²) in [5.41, 5.74) is 0. The molecular weight excluding hydrogens is 164 g/mol. The van der Waals surface area contributed by atoms with Gasteiger partial charge in [-0.25, -0.2) is 0 Å². The van der Waals surface area contributed by atoms with Crippen LogP contribution in [0.1, 0.15) is 33.6 Å². The highest BCUT2D eigenvalue weighted by atomic mass is 16.1. The topological polar surface area (TPSA) is 41.1 Å². The molecule has 0 heterocycles. The first-order valence-electron chi connectivity index (χ1n) is 5.00. The quantitative estimate of drug-likeness (QED) is 0.653. The minimum Gasteiger partial charge on any atom is -0.356 e. The van der Waals surface area contributed by atoms with Crippen molar-refractivity contribution in [3.8, 4) is 0 Å². The van der Waals surface area contributed by atoms with Gasteiger partial charge < -0.3 is 10.6 Å². The minimum absolute atomic E-state index is 0.141. The standard InChI is InChI=1S/C10H22N2O/c1-8(2)5-6-12-10(13)7-9(3)11-4/h8-9,11H,5-7H2,1-4H3,(H,12,13). The Kier molecular flexibility index (Phi) is 6.59. The number of rotatable bonds is 6.